The summed E-state index contributed by atoms with van der Waals surface area (Å²) in [7, 11) is 0. The lowest BCUT2D eigenvalue weighted by Gasteiger charge is -2.20. The standard InChI is InChI=1S/C23H25ClN8OS/c1-3-25-20-28-21(26-4-2)32-22(29-20)30-31-23(32)34-14-18(33)27-19(15-8-6-5-7-9-15)16-10-12-17(24)13-11-16/h5-13,19H,3-4,14H2,1-2H3,(H,27,33)(H2,25,26,28,29,30). The number of hydrogen-bond acceptors (Lipinski definition) is 8. The molecule has 176 valence electrons. The molecule has 9 nitrogen and oxygen atoms in total. The lowest BCUT2D eigenvalue weighted by Crippen LogP contribution is -2.30. The van der Waals surface area contributed by atoms with Crippen molar-refractivity contribution in [3.63, 3.8) is 0 Å². The van der Waals surface area contributed by atoms with Crippen molar-refractivity contribution in [1.29, 1.82) is 0 Å². The molecular weight excluding hydrogens is 472 g/mol. The first-order valence-corrected chi connectivity index (χ1v) is 12.3. The first-order chi connectivity index (χ1) is 16.6. The van der Waals surface area contributed by atoms with E-state index in [9.17, 15) is 4.79 Å². The third-order valence-electron chi connectivity index (χ3n) is 4.89. The molecule has 0 aliphatic heterocycles. The molecule has 2 heterocycles. The number of rotatable bonds is 10. The molecule has 0 spiro atoms. The third kappa shape index (κ3) is 5.57. The van der Waals surface area contributed by atoms with Crippen LogP contribution in [0.15, 0.2) is 59.8 Å². The van der Waals surface area contributed by atoms with Gasteiger partial charge in [0, 0.05) is 18.1 Å². The van der Waals surface area contributed by atoms with E-state index in [1.165, 1.54) is 11.8 Å². The van der Waals surface area contributed by atoms with Crippen molar-refractivity contribution in [2.45, 2.75) is 25.0 Å². The highest BCUT2D eigenvalue weighted by Crippen LogP contribution is 2.25. The molecule has 0 aliphatic rings. The Hall–Kier alpha value is -3.37. The van der Waals surface area contributed by atoms with E-state index in [1.807, 2.05) is 68.4 Å². The van der Waals surface area contributed by atoms with Crippen molar-refractivity contribution < 1.29 is 4.79 Å². The summed E-state index contributed by atoms with van der Waals surface area (Å²) in [5, 5.41) is 19.0. The number of nitrogens with zero attached hydrogens (tertiary/aromatic N) is 5. The Morgan fingerprint density at radius 2 is 1.68 bits per heavy atom. The van der Waals surface area contributed by atoms with Crippen molar-refractivity contribution in [3.05, 3.63) is 70.7 Å². The lowest BCUT2D eigenvalue weighted by atomic mass is 9.99. The molecule has 1 amide bonds. The zero-order valence-corrected chi connectivity index (χ0v) is 20.4. The van der Waals surface area contributed by atoms with Crippen LogP contribution >= 0.6 is 23.4 Å². The van der Waals surface area contributed by atoms with Crippen molar-refractivity contribution >= 4 is 46.9 Å². The number of fused-ring (bicyclic) bond motifs is 1. The van der Waals surface area contributed by atoms with Crippen LogP contribution in [-0.4, -0.2) is 49.3 Å². The number of hydrogen-bond donors (Lipinski definition) is 3. The topological polar surface area (TPSA) is 109 Å². The predicted octanol–water partition coefficient (Wildman–Crippen LogP) is 4.03. The van der Waals surface area contributed by atoms with E-state index in [0.29, 0.717) is 40.9 Å². The van der Waals surface area contributed by atoms with Gasteiger partial charge in [-0.3, -0.25) is 4.79 Å². The van der Waals surface area contributed by atoms with Gasteiger partial charge in [-0.1, -0.05) is 65.8 Å². The van der Waals surface area contributed by atoms with Crippen LogP contribution in [0.3, 0.4) is 0 Å². The Labute approximate surface area is 206 Å². The molecule has 3 N–H and O–H groups in total. The van der Waals surface area contributed by atoms with Crippen LogP contribution in [0.5, 0.6) is 0 Å². The van der Waals surface area contributed by atoms with E-state index in [-0.39, 0.29) is 17.7 Å². The van der Waals surface area contributed by atoms with Crippen LogP contribution in [0.25, 0.3) is 5.78 Å². The Balaban J connectivity index is 1.52. The summed E-state index contributed by atoms with van der Waals surface area (Å²) >= 11 is 7.33. The normalized spacial score (nSPS) is 11.9. The number of thioether (sulfide) groups is 1. The van der Waals surface area contributed by atoms with Crippen LogP contribution in [0.2, 0.25) is 5.02 Å². The number of nitrogens with one attached hydrogen (secondary N) is 3. The number of halogens is 1. The second kappa shape index (κ2) is 11.2. The Kier molecular flexibility index (Phi) is 7.81. The minimum Gasteiger partial charge on any atom is -0.355 e. The van der Waals surface area contributed by atoms with E-state index >= 15 is 0 Å². The van der Waals surface area contributed by atoms with Gasteiger partial charge in [-0.2, -0.15) is 9.97 Å². The second-order valence-electron chi connectivity index (χ2n) is 7.30. The summed E-state index contributed by atoms with van der Waals surface area (Å²) in [5.41, 5.74) is 1.93. The van der Waals surface area contributed by atoms with Crippen LogP contribution < -0.4 is 16.0 Å². The van der Waals surface area contributed by atoms with E-state index < -0.39 is 0 Å². The molecule has 1 unspecified atom stereocenters. The van der Waals surface area contributed by atoms with Crippen LogP contribution in [0.1, 0.15) is 31.0 Å². The molecule has 1 atom stereocenters. The molecule has 2 aromatic carbocycles. The van der Waals surface area contributed by atoms with Crippen LogP contribution in [0, 0.1) is 0 Å². The fourth-order valence-corrected chi connectivity index (χ4v) is 4.26. The van der Waals surface area contributed by atoms with E-state index in [2.05, 4.69) is 36.1 Å². The van der Waals surface area contributed by atoms with Crippen LogP contribution in [-0.2, 0) is 4.79 Å². The van der Waals surface area contributed by atoms with E-state index in [0.717, 1.165) is 11.1 Å². The van der Waals surface area contributed by atoms with Crippen molar-refractivity contribution in [2.75, 3.05) is 29.5 Å². The molecule has 0 radical (unpaired) electrons. The first kappa shape index (κ1) is 23.8. The smallest absolute Gasteiger partial charge is 0.261 e. The average Bonchev–Trinajstić information content (AvgIpc) is 3.26. The first-order valence-electron chi connectivity index (χ1n) is 10.9. The van der Waals surface area contributed by atoms with Gasteiger partial charge in [-0.05, 0) is 37.1 Å². The maximum atomic E-state index is 13.0. The minimum atomic E-state index is -0.301. The fraction of sp³-hybridized carbons (Fsp3) is 0.261. The van der Waals surface area contributed by atoms with Gasteiger partial charge in [0.25, 0.3) is 5.78 Å². The molecule has 34 heavy (non-hydrogen) atoms. The van der Waals surface area contributed by atoms with Gasteiger partial charge in [0.15, 0.2) is 5.16 Å². The van der Waals surface area contributed by atoms with Crippen molar-refractivity contribution in [3.8, 4) is 0 Å². The number of carbonyl (C=O) groups excluding carboxylic acids is 1. The number of anilines is 2. The highest BCUT2D eigenvalue weighted by molar-refractivity contribution is 7.99. The summed E-state index contributed by atoms with van der Waals surface area (Å²) in [6.45, 7) is 5.30. The van der Waals surface area contributed by atoms with Crippen molar-refractivity contribution in [1.82, 2.24) is 29.9 Å². The average molecular weight is 497 g/mol. The second-order valence-corrected chi connectivity index (χ2v) is 8.68. The number of aromatic nitrogens is 5. The van der Waals surface area contributed by atoms with Crippen molar-refractivity contribution in [2.24, 2.45) is 0 Å². The van der Waals surface area contributed by atoms with Gasteiger partial charge in [0.1, 0.15) is 0 Å². The number of benzene rings is 2. The molecule has 0 saturated heterocycles. The zero-order valence-electron chi connectivity index (χ0n) is 18.8. The maximum Gasteiger partial charge on any atom is 0.261 e. The van der Waals surface area contributed by atoms with Gasteiger partial charge < -0.3 is 16.0 Å². The quantitative estimate of drug-likeness (QED) is 0.282. The molecule has 0 fully saturated rings. The summed E-state index contributed by atoms with van der Waals surface area (Å²) in [6, 6.07) is 17.0. The highest BCUT2D eigenvalue weighted by Gasteiger charge is 2.19. The van der Waals surface area contributed by atoms with Crippen LogP contribution in [0.4, 0.5) is 11.9 Å². The zero-order chi connectivity index (χ0) is 23.9. The Morgan fingerprint density at radius 1 is 0.971 bits per heavy atom. The SMILES string of the molecule is CCNc1nc(NCC)n2c(SCC(=O)NC(c3ccccc3)c3ccc(Cl)cc3)nnc2n1. The molecule has 4 aromatic rings. The lowest BCUT2D eigenvalue weighted by molar-refractivity contribution is -0.119. The summed E-state index contributed by atoms with van der Waals surface area (Å²) < 4.78 is 1.72. The Bertz CT molecular complexity index is 1250. The summed E-state index contributed by atoms with van der Waals surface area (Å²) in [5.74, 6) is 1.47. The molecule has 0 bridgehead atoms. The molecule has 2 aromatic heterocycles. The van der Waals surface area contributed by atoms with Gasteiger partial charge in [0.2, 0.25) is 17.8 Å². The largest absolute Gasteiger partial charge is 0.355 e. The molecule has 0 aliphatic carbocycles. The molecule has 0 saturated carbocycles. The van der Waals surface area contributed by atoms with Gasteiger partial charge in [0.05, 0.1) is 11.8 Å². The predicted molar refractivity (Wildman–Crippen MR) is 136 cm³/mol. The molecule has 11 heteroatoms. The highest BCUT2D eigenvalue weighted by atomic mass is 35.5. The number of amides is 1. The molecular formula is C23H25ClN8OS. The van der Waals surface area contributed by atoms with E-state index in [1.54, 1.807) is 4.40 Å². The van der Waals surface area contributed by atoms with Gasteiger partial charge >= 0.3 is 0 Å². The third-order valence-corrected chi connectivity index (χ3v) is 6.07. The summed E-state index contributed by atoms with van der Waals surface area (Å²) in [6.07, 6.45) is 0. The maximum absolute atomic E-state index is 13.0. The minimum absolute atomic E-state index is 0.138. The van der Waals surface area contributed by atoms with Gasteiger partial charge in [-0.25, -0.2) is 4.40 Å². The van der Waals surface area contributed by atoms with Gasteiger partial charge in [-0.15, -0.1) is 10.2 Å². The fourth-order valence-electron chi connectivity index (χ4n) is 3.39. The monoisotopic (exact) mass is 496 g/mol. The Morgan fingerprint density at radius 3 is 2.38 bits per heavy atom. The molecule has 4 rings (SSSR count). The number of carbonyl (C=O) groups is 1. The summed E-state index contributed by atoms with van der Waals surface area (Å²) in [4.78, 5) is 21.9. The van der Waals surface area contributed by atoms with E-state index in [4.69, 9.17) is 11.6 Å².